The average Bonchev–Trinajstić information content (AvgIpc) is 2.69. The molecule has 1 unspecified atom stereocenters. The Labute approximate surface area is 167 Å². The fourth-order valence-electron chi connectivity index (χ4n) is 3.43. The van der Waals surface area contributed by atoms with Crippen LogP contribution in [-0.4, -0.2) is 31.7 Å². The van der Waals surface area contributed by atoms with E-state index in [0.29, 0.717) is 25.3 Å². The first-order valence-corrected chi connectivity index (χ1v) is 11.2. The number of rotatable bonds is 5. The minimum atomic E-state index is -3.58. The van der Waals surface area contributed by atoms with Crippen molar-refractivity contribution in [2.45, 2.75) is 44.4 Å². The second kappa shape index (κ2) is 8.45. The van der Waals surface area contributed by atoms with E-state index in [9.17, 15) is 13.2 Å². The van der Waals surface area contributed by atoms with Gasteiger partial charge in [0.25, 0.3) is 0 Å². The van der Waals surface area contributed by atoms with Crippen molar-refractivity contribution in [1.82, 2.24) is 4.31 Å². The third-order valence-corrected chi connectivity index (χ3v) is 7.14. The van der Waals surface area contributed by atoms with E-state index < -0.39 is 10.0 Å². The number of hydrogen-bond donors (Lipinski definition) is 1. The van der Waals surface area contributed by atoms with E-state index in [0.717, 1.165) is 11.3 Å². The normalized spacial score (nSPS) is 18.2. The lowest BCUT2D eigenvalue weighted by Crippen LogP contribution is -2.43. The summed E-state index contributed by atoms with van der Waals surface area (Å²) in [5.41, 5.74) is 2.97. The molecule has 1 fully saturated rings. The fourth-order valence-corrected chi connectivity index (χ4v) is 4.95. The maximum absolute atomic E-state index is 12.9. The highest BCUT2D eigenvalue weighted by molar-refractivity contribution is 7.89. The molecule has 0 aromatic heterocycles. The highest BCUT2D eigenvalue weighted by atomic mass is 32.2. The largest absolute Gasteiger partial charge is 0.326 e. The van der Waals surface area contributed by atoms with Gasteiger partial charge < -0.3 is 5.32 Å². The molecule has 1 heterocycles. The molecule has 1 N–H and O–H groups in total. The molecule has 150 valence electrons. The first-order valence-electron chi connectivity index (χ1n) is 9.75. The van der Waals surface area contributed by atoms with Crippen LogP contribution in [0.4, 0.5) is 5.69 Å². The highest BCUT2D eigenvalue weighted by Gasteiger charge is 2.33. The fraction of sp³-hybridized carbons (Fsp3) is 0.409. The van der Waals surface area contributed by atoms with Crippen molar-refractivity contribution in [3.8, 4) is 0 Å². The van der Waals surface area contributed by atoms with Crippen molar-refractivity contribution in [2.24, 2.45) is 5.92 Å². The number of anilines is 1. The van der Waals surface area contributed by atoms with Gasteiger partial charge in [-0.1, -0.05) is 43.7 Å². The Balaban J connectivity index is 1.68. The average molecular weight is 401 g/mol. The van der Waals surface area contributed by atoms with Gasteiger partial charge in [0.2, 0.25) is 15.9 Å². The van der Waals surface area contributed by atoms with E-state index in [1.807, 2.05) is 31.2 Å². The molecule has 1 amide bonds. The Kier molecular flexibility index (Phi) is 6.20. The number of aryl methyl sites for hydroxylation is 1. The van der Waals surface area contributed by atoms with Gasteiger partial charge in [-0.2, -0.15) is 4.31 Å². The quantitative estimate of drug-likeness (QED) is 0.820. The third-order valence-electron chi connectivity index (χ3n) is 5.26. The number of nitrogens with one attached hydrogen (secondary N) is 1. The Bertz CT molecular complexity index is 919. The molecule has 3 rings (SSSR count). The Hall–Kier alpha value is -2.18. The van der Waals surface area contributed by atoms with Gasteiger partial charge in [0.1, 0.15) is 0 Å². The van der Waals surface area contributed by atoms with Crippen LogP contribution in [0.25, 0.3) is 0 Å². The zero-order chi connectivity index (χ0) is 20.3. The summed E-state index contributed by atoms with van der Waals surface area (Å²) in [4.78, 5) is 13.0. The van der Waals surface area contributed by atoms with E-state index >= 15 is 0 Å². The maximum Gasteiger partial charge on any atom is 0.243 e. The van der Waals surface area contributed by atoms with Gasteiger partial charge in [-0.05, 0) is 55.5 Å². The summed E-state index contributed by atoms with van der Waals surface area (Å²) in [5.74, 6) is -0.0384. The maximum atomic E-state index is 12.9. The molecule has 0 aliphatic carbocycles. The van der Waals surface area contributed by atoms with E-state index in [1.54, 1.807) is 24.3 Å². The first kappa shape index (κ1) is 20.6. The van der Waals surface area contributed by atoms with Gasteiger partial charge in [-0.15, -0.1) is 0 Å². The summed E-state index contributed by atoms with van der Waals surface area (Å²) in [5, 5.41) is 2.94. The topological polar surface area (TPSA) is 66.5 Å². The summed E-state index contributed by atoms with van der Waals surface area (Å²) in [7, 11) is -3.58. The molecule has 2 aromatic rings. The van der Waals surface area contributed by atoms with Gasteiger partial charge in [0, 0.05) is 18.8 Å². The number of hydrogen-bond acceptors (Lipinski definition) is 3. The van der Waals surface area contributed by atoms with Crippen LogP contribution in [0, 0.1) is 12.8 Å². The molecular weight excluding hydrogens is 372 g/mol. The Morgan fingerprint density at radius 1 is 1.07 bits per heavy atom. The number of nitrogens with zero attached hydrogens (tertiary/aromatic N) is 1. The molecule has 1 saturated heterocycles. The number of carbonyl (C=O) groups excluding carboxylic acids is 1. The number of piperidine rings is 1. The van der Waals surface area contributed by atoms with Crippen molar-refractivity contribution in [3.63, 3.8) is 0 Å². The van der Waals surface area contributed by atoms with Crippen LogP contribution >= 0.6 is 0 Å². The zero-order valence-electron chi connectivity index (χ0n) is 16.7. The van der Waals surface area contributed by atoms with Crippen LogP contribution in [0.15, 0.2) is 53.4 Å². The minimum absolute atomic E-state index is 0.124. The molecule has 1 aliphatic heterocycles. The number of sulfonamides is 1. The lowest BCUT2D eigenvalue weighted by Gasteiger charge is -2.31. The van der Waals surface area contributed by atoms with Crippen LogP contribution in [0.2, 0.25) is 0 Å². The Morgan fingerprint density at radius 2 is 1.71 bits per heavy atom. The van der Waals surface area contributed by atoms with Crippen molar-refractivity contribution in [2.75, 3.05) is 18.4 Å². The molecule has 1 atom stereocenters. The Morgan fingerprint density at radius 3 is 2.32 bits per heavy atom. The summed E-state index contributed by atoms with van der Waals surface area (Å²) in [6, 6.07) is 14.7. The summed E-state index contributed by atoms with van der Waals surface area (Å²) >= 11 is 0. The molecule has 1 aliphatic rings. The van der Waals surface area contributed by atoms with Crippen molar-refractivity contribution < 1.29 is 13.2 Å². The van der Waals surface area contributed by atoms with Crippen LogP contribution in [0.1, 0.15) is 43.7 Å². The lowest BCUT2D eigenvalue weighted by molar-refractivity contribution is -0.120. The molecule has 6 heteroatoms. The smallest absolute Gasteiger partial charge is 0.243 e. The molecule has 2 aromatic carbocycles. The van der Waals surface area contributed by atoms with Crippen LogP contribution < -0.4 is 5.32 Å². The minimum Gasteiger partial charge on any atom is -0.326 e. The second-order valence-electron chi connectivity index (χ2n) is 7.78. The van der Waals surface area contributed by atoms with E-state index in [-0.39, 0.29) is 23.3 Å². The predicted molar refractivity (Wildman–Crippen MR) is 112 cm³/mol. The monoisotopic (exact) mass is 400 g/mol. The van der Waals surface area contributed by atoms with Gasteiger partial charge >= 0.3 is 0 Å². The van der Waals surface area contributed by atoms with Crippen molar-refractivity contribution in [1.29, 1.82) is 0 Å². The standard InChI is InChI=1S/C22H28N2O3S/c1-16(2)18-8-10-20(11-9-18)23-22(25)19-5-4-14-24(15-19)28(26,27)21-12-6-17(3)7-13-21/h6-13,16,19H,4-5,14-15H2,1-3H3,(H,23,25). The number of carbonyl (C=O) groups is 1. The molecule has 28 heavy (non-hydrogen) atoms. The van der Waals surface area contributed by atoms with E-state index in [4.69, 9.17) is 0 Å². The molecule has 0 spiro atoms. The summed E-state index contributed by atoms with van der Waals surface area (Å²) in [6.07, 6.45) is 1.37. The summed E-state index contributed by atoms with van der Waals surface area (Å²) in [6.45, 7) is 6.83. The molecule has 5 nitrogen and oxygen atoms in total. The first-order chi connectivity index (χ1) is 13.3. The highest BCUT2D eigenvalue weighted by Crippen LogP contribution is 2.25. The van der Waals surface area contributed by atoms with E-state index in [2.05, 4.69) is 19.2 Å². The van der Waals surface area contributed by atoms with Crippen LogP contribution in [-0.2, 0) is 14.8 Å². The predicted octanol–water partition coefficient (Wildman–Crippen LogP) is 4.16. The molecule has 0 bridgehead atoms. The molecular formula is C22H28N2O3S. The SMILES string of the molecule is Cc1ccc(S(=O)(=O)N2CCCC(C(=O)Nc3ccc(C(C)C)cc3)C2)cc1. The van der Waals surface area contributed by atoms with Gasteiger partial charge in [0.15, 0.2) is 0 Å². The third kappa shape index (κ3) is 4.62. The molecule has 0 radical (unpaired) electrons. The number of amides is 1. The van der Waals surface area contributed by atoms with Crippen molar-refractivity contribution >= 4 is 21.6 Å². The van der Waals surface area contributed by atoms with Gasteiger partial charge in [0.05, 0.1) is 10.8 Å². The van der Waals surface area contributed by atoms with Gasteiger partial charge in [-0.3, -0.25) is 4.79 Å². The second-order valence-corrected chi connectivity index (χ2v) is 9.72. The molecule has 0 saturated carbocycles. The van der Waals surface area contributed by atoms with Crippen LogP contribution in [0.5, 0.6) is 0 Å². The zero-order valence-corrected chi connectivity index (χ0v) is 17.5. The number of benzene rings is 2. The summed E-state index contributed by atoms with van der Waals surface area (Å²) < 4.78 is 27.3. The van der Waals surface area contributed by atoms with Crippen LogP contribution in [0.3, 0.4) is 0 Å². The van der Waals surface area contributed by atoms with Gasteiger partial charge in [-0.25, -0.2) is 8.42 Å². The van der Waals surface area contributed by atoms with E-state index in [1.165, 1.54) is 9.87 Å². The van der Waals surface area contributed by atoms with Crippen molar-refractivity contribution in [3.05, 3.63) is 59.7 Å². The lowest BCUT2D eigenvalue weighted by atomic mass is 9.98.